The molecule has 6 nitrogen and oxygen atoms in total. The molecule has 0 atom stereocenters. The molecule has 0 aliphatic carbocycles. The van der Waals surface area contributed by atoms with Crippen LogP contribution in [0.25, 0.3) is 0 Å². The molecule has 0 unspecified atom stereocenters. The van der Waals surface area contributed by atoms with Crippen LogP contribution in [0.15, 0.2) is 25.3 Å². The van der Waals surface area contributed by atoms with E-state index in [9.17, 15) is 17.7 Å². The van der Waals surface area contributed by atoms with Crippen molar-refractivity contribution in [1.29, 1.82) is 0 Å². The molecule has 0 fully saturated rings. The summed E-state index contributed by atoms with van der Waals surface area (Å²) in [6.45, 7) is 10.9. The minimum Gasteiger partial charge on any atom is -0.0628 e. The van der Waals surface area contributed by atoms with Gasteiger partial charge in [0.05, 0.1) is 0 Å². The zero-order valence-electron chi connectivity index (χ0n) is 19.5. The maximum absolute atomic E-state index is 12.6. The van der Waals surface area contributed by atoms with Crippen molar-refractivity contribution in [3.05, 3.63) is 25.3 Å². The monoisotopic (exact) mass is 473 g/mol. The van der Waals surface area contributed by atoms with Crippen LogP contribution in [0.2, 0.25) is 0 Å². The maximum atomic E-state index is 12.6. The van der Waals surface area contributed by atoms with Gasteiger partial charge in [-0.05, 0) is 5.92 Å². The average Bonchev–Trinajstić information content (AvgIpc) is 2.73. The summed E-state index contributed by atoms with van der Waals surface area (Å²) in [5.41, 5.74) is 0. The molecule has 0 amide bonds. The topological polar surface area (TPSA) is 86.7 Å². The van der Waals surface area contributed by atoms with E-state index >= 15 is 0 Å². The number of hydrogen-bond acceptors (Lipinski definition) is 6. The van der Waals surface area contributed by atoms with Crippen molar-refractivity contribution >= 4 is 16.0 Å². The zero-order valence-corrected chi connectivity index (χ0v) is 21.1. The van der Waals surface area contributed by atoms with Gasteiger partial charge in [0.2, 0.25) is 0 Å². The molecule has 0 aliphatic heterocycles. The Kier molecular flexibility index (Phi) is 17.4. The Hall–Kier alpha value is -1.40. The molecular formula is C24H41O6Ti. The number of rotatable bonds is 20. The quantitative estimate of drug-likeness (QED) is 0.115. The van der Waals surface area contributed by atoms with Crippen LogP contribution in [-0.4, -0.2) is 16.0 Å². The second-order valence-electron chi connectivity index (χ2n) is 8.40. The molecule has 0 saturated heterocycles. The third kappa shape index (κ3) is 16.0. The van der Waals surface area contributed by atoms with Gasteiger partial charge < -0.3 is 0 Å². The van der Waals surface area contributed by atoms with Gasteiger partial charge in [-0.3, -0.25) is 0 Å². The van der Waals surface area contributed by atoms with E-state index in [2.05, 4.69) is 33.6 Å². The van der Waals surface area contributed by atoms with E-state index in [4.69, 9.17) is 0 Å². The Morgan fingerprint density at radius 3 is 1.42 bits per heavy atom. The van der Waals surface area contributed by atoms with Crippen LogP contribution in [0.3, 0.4) is 0 Å². The first-order valence-corrected chi connectivity index (χ1v) is 14.4. The Morgan fingerprint density at radius 2 is 1.06 bits per heavy atom. The van der Waals surface area contributed by atoms with Crippen molar-refractivity contribution in [3.8, 4) is 0 Å². The standard InChI is InChI=1S/C18H35O.2C3H4O2.O.Ti/c1-18(2)16-14-12-10-8-6-4-3-5-7-9-11-13-15-17-19;2*1-2-3(4)5;;/h18H,3-16H2,1-2H3;2*2H,1H2,(H,4,5);;/q;;;;+2/p-2. The van der Waals surface area contributed by atoms with Crippen molar-refractivity contribution in [2.45, 2.75) is 104 Å². The Labute approximate surface area is 192 Å². The van der Waals surface area contributed by atoms with Crippen LogP contribution < -0.4 is 0 Å². The minimum atomic E-state index is -5.44. The smallest absolute Gasteiger partial charge is 0.0628 e. The van der Waals surface area contributed by atoms with Crippen molar-refractivity contribution in [1.82, 2.24) is 0 Å². The van der Waals surface area contributed by atoms with E-state index in [1.165, 1.54) is 57.8 Å². The Bertz CT molecular complexity index is 585. The fourth-order valence-electron chi connectivity index (χ4n) is 3.24. The fraction of sp³-hybridized carbons (Fsp3) is 0.708. The number of carbonyl (C=O) groups is 3. The van der Waals surface area contributed by atoms with Gasteiger partial charge >= 0.3 is 154 Å². The minimum absolute atomic E-state index is 0.0465. The first-order chi connectivity index (χ1) is 14.7. The summed E-state index contributed by atoms with van der Waals surface area (Å²) in [6, 6.07) is 0. The SMILES string of the molecule is C=CC(=O)[O][Ti](=[O])([O]C(=O)C=C)[C](=O)CCCCCCCCCCCCCCC(C)C. The molecule has 0 saturated carbocycles. The molecule has 0 radical (unpaired) electrons. The molecule has 0 spiro atoms. The zero-order chi connectivity index (χ0) is 23.5. The molecule has 0 heterocycles. The summed E-state index contributed by atoms with van der Waals surface area (Å²) in [5.74, 6) is -1.28. The number of carbonyl (C=O) groups excluding carboxylic acids is 3. The molecule has 31 heavy (non-hydrogen) atoms. The van der Waals surface area contributed by atoms with E-state index < -0.39 is 33.4 Å². The van der Waals surface area contributed by atoms with E-state index in [-0.39, 0.29) is 6.42 Å². The molecule has 177 valence electrons. The van der Waals surface area contributed by atoms with Crippen LogP contribution in [0.5, 0.6) is 0 Å². The molecule has 0 aromatic rings. The summed E-state index contributed by atoms with van der Waals surface area (Å²) < 4.78 is 21.0. The molecule has 0 N–H and O–H groups in total. The van der Waals surface area contributed by atoms with Crippen molar-refractivity contribution in [2.24, 2.45) is 5.92 Å². The predicted octanol–water partition coefficient (Wildman–Crippen LogP) is 6.42. The predicted molar refractivity (Wildman–Crippen MR) is 118 cm³/mol. The third-order valence-electron chi connectivity index (χ3n) is 5.08. The van der Waals surface area contributed by atoms with E-state index in [0.717, 1.165) is 37.3 Å². The van der Waals surface area contributed by atoms with Crippen molar-refractivity contribution in [2.75, 3.05) is 0 Å². The second-order valence-corrected chi connectivity index (χ2v) is 11.7. The van der Waals surface area contributed by atoms with Gasteiger partial charge in [-0.15, -0.1) is 0 Å². The van der Waals surface area contributed by atoms with Crippen molar-refractivity contribution < 1.29 is 41.7 Å². The molecule has 0 rings (SSSR count). The molecule has 0 aromatic carbocycles. The summed E-state index contributed by atoms with van der Waals surface area (Å²) >= 11 is -5.44. The van der Waals surface area contributed by atoms with Gasteiger partial charge in [0.15, 0.2) is 0 Å². The van der Waals surface area contributed by atoms with Gasteiger partial charge in [-0.2, -0.15) is 0 Å². The summed E-state index contributed by atoms with van der Waals surface area (Å²) in [5, 5.41) is 0. The second kappa shape index (κ2) is 18.2. The van der Waals surface area contributed by atoms with Crippen LogP contribution in [0.1, 0.15) is 104 Å². The van der Waals surface area contributed by atoms with Crippen LogP contribution >= 0.6 is 0 Å². The fourth-order valence-corrected chi connectivity index (χ4v) is 5.50. The molecule has 7 heteroatoms. The van der Waals surface area contributed by atoms with Gasteiger partial charge in [-0.25, -0.2) is 0 Å². The molecule has 0 aliphatic rings. The van der Waals surface area contributed by atoms with Gasteiger partial charge in [0, 0.05) is 0 Å². The molecule has 0 aromatic heterocycles. The van der Waals surface area contributed by atoms with E-state index in [1.807, 2.05) is 0 Å². The summed E-state index contributed by atoms with van der Waals surface area (Å²) in [6.07, 6.45) is 16.6. The Balaban J connectivity index is 3.88. The summed E-state index contributed by atoms with van der Waals surface area (Å²) in [7, 11) is 0. The first-order valence-electron chi connectivity index (χ1n) is 11.7. The van der Waals surface area contributed by atoms with Gasteiger partial charge in [0.1, 0.15) is 0 Å². The Morgan fingerprint density at radius 1 is 0.710 bits per heavy atom. The third-order valence-corrected chi connectivity index (χ3v) is 8.00. The summed E-state index contributed by atoms with van der Waals surface area (Å²) in [4.78, 5) is 35.0. The van der Waals surface area contributed by atoms with Crippen LogP contribution in [0, 0.1) is 5.92 Å². The average molecular weight is 473 g/mol. The van der Waals surface area contributed by atoms with Gasteiger partial charge in [0.25, 0.3) is 0 Å². The normalized spacial score (nSPS) is 11.2. The number of unbranched alkanes of at least 4 members (excludes halogenated alkanes) is 11. The van der Waals surface area contributed by atoms with Crippen molar-refractivity contribution in [3.63, 3.8) is 0 Å². The molecular weight excluding hydrogens is 432 g/mol. The van der Waals surface area contributed by atoms with Crippen LogP contribution in [0.4, 0.5) is 0 Å². The first kappa shape index (κ1) is 29.6. The van der Waals surface area contributed by atoms with E-state index in [1.54, 1.807) is 0 Å². The van der Waals surface area contributed by atoms with E-state index in [0.29, 0.717) is 6.42 Å². The number of hydrogen-bond donors (Lipinski definition) is 0. The van der Waals surface area contributed by atoms with Gasteiger partial charge in [-0.1, -0.05) is 33.1 Å². The molecule has 0 bridgehead atoms. The van der Waals surface area contributed by atoms with Crippen LogP contribution in [-0.2, 0) is 41.7 Å².